The van der Waals surface area contributed by atoms with Crippen LogP contribution in [0.15, 0.2) is 48.0 Å². The third kappa shape index (κ3) is 6.85. The highest BCUT2D eigenvalue weighted by atomic mass is 35.5. The third-order valence-electron chi connectivity index (χ3n) is 11.2. The molecule has 3 fully saturated rings. The molecule has 0 saturated carbocycles. The maximum atomic E-state index is 15.9. The Morgan fingerprint density at radius 1 is 0.922 bits per heavy atom. The Morgan fingerprint density at radius 2 is 1.65 bits per heavy atom. The Labute approximate surface area is 300 Å². The van der Waals surface area contributed by atoms with Crippen molar-refractivity contribution < 1.29 is 32.8 Å². The summed E-state index contributed by atoms with van der Waals surface area (Å²) in [6, 6.07) is 10.3. The van der Waals surface area contributed by atoms with E-state index in [4.69, 9.17) is 11.6 Å². The van der Waals surface area contributed by atoms with Gasteiger partial charge in [-0.1, -0.05) is 49.7 Å². The first-order valence-electron chi connectivity index (χ1n) is 17.7. The normalized spacial score (nSPS) is 25.7. The molecule has 5 amide bonds. The first-order chi connectivity index (χ1) is 24.2. The molecule has 270 valence electrons. The van der Waals surface area contributed by atoms with Crippen molar-refractivity contribution in [2.45, 2.75) is 76.9 Å². The van der Waals surface area contributed by atoms with E-state index < -0.39 is 48.2 Å². The van der Waals surface area contributed by atoms with Gasteiger partial charge in [-0.05, 0) is 72.4 Å². The molecule has 1 N–H and O–H groups in total. The van der Waals surface area contributed by atoms with Gasteiger partial charge in [0.05, 0.1) is 23.7 Å². The Bertz CT molecular complexity index is 1820. The average Bonchev–Trinajstić information content (AvgIpc) is 3.34. The maximum Gasteiger partial charge on any atom is 0.275 e. The maximum absolute atomic E-state index is 15.9. The van der Waals surface area contributed by atoms with Gasteiger partial charge >= 0.3 is 0 Å². The van der Waals surface area contributed by atoms with Crippen molar-refractivity contribution in [2.24, 2.45) is 5.41 Å². The van der Waals surface area contributed by atoms with Crippen LogP contribution in [0.1, 0.15) is 84.2 Å². The Balaban J connectivity index is 0.993. The van der Waals surface area contributed by atoms with Gasteiger partial charge in [0.2, 0.25) is 17.7 Å². The molecule has 0 aromatic heterocycles. The summed E-state index contributed by atoms with van der Waals surface area (Å²) in [7, 11) is 0. The van der Waals surface area contributed by atoms with Crippen LogP contribution in [0.3, 0.4) is 0 Å². The van der Waals surface area contributed by atoms with E-state index in [1.54, 1.807) is 26.8 Å². The van der Waals surface area contributed by atoms with Gasteiger partial charge in [-0.2, -0.15) is 0 Å². The zero-order chi connectivity index (χ0) is 36.2. The summed E-state index contributed by atoms with van der Waals surface area (Å²) in [4.78, 5) is 70.9. The Hall–Kier alpha value is -4.00. The molecule has 13 heteroatoms. The first kappa shape index (κ1) is 35.4. The van der Waals surface area contributed by atoms with Gasteiger partial charge < -0.3 is 4.90 Å². The molecule has 10 nitrogen and oxygen atoms in total. The quantitative estimate of drug-likeness (QED) is 0.429. The fraction of sp³-hybridized carbons (Fsp3) is 0.500. The number of piperazine rings is 1. The largest absolute Gasteiger partial charge is 0.336 e. The minimum absolute atomic E-state index is 0.00782. The number of hydrogen-bond donors (Lipinski definition) is 1. The number of rotatable bonds is 6. The number of halogens is 3. The minimum Gasteiger partial charge on any atom is -0.336 e. The van der Waals surface area contributed by atoms with Gasteiger partial charge in [0.15, 0.2) is 0 Å². The summed E-state index contributed by atoms with van der Waals surface area (Å²) < 4.78 is 31.8. The predicted octanol–water partition coefficient (Wildman–Crippen LogP) is 4.76. The van der Waals surface area contributed by atoms with E-state index >= 15 is 8.78 Å². The highest BCUT2D eigenvalue weighted by molar-refractivity contribution is 6.30. The van der Waals surface area contributed by atoms with Gasteiger partial charge in [-0.15, -0.1) is 0 Å². The molecule has 4 aliphatic heterocycles. The third-order valence-corrected chi connectivity index (χ3v) is 11.4. The van der Waals surface area contributed by atoms with Crippen LogP contribution in [-0.4, -0.2) is 106 Å². The second-order valence-electron chi connectivity index (χ2n) is 15.2. The molecule has 3 saturated heterocycles. The number of carbonyl (C=O) groups excluding carboxylic acids is 5. The van der Waals surface area contributed by atoms with Crippen molar-refractivity contribution in [1.82, 2.24) is 24.9 Å². The van der Waals surface area contributed by atoms with Crippen molar-refractivity contribution in [3.8, 4) is 0 Å². The number of alkyl halides is 2. The van der Waals surface area contributed by atoms with Crippen LogP contribution in [0, 0.1) is 5.41 Å². The van der Waals surface area contributed by atoms with E-state index in [0.717, 1.165) is 34.5 Å². The lowest BCUT2D eigenvalue weighted by molar-refractivity contribution is -0.142. The van der Waals surface area contributed by atoms with E-state index in [0.29, 0.717) is 49.7 Å². The molecule has 51 heavy (non-hydrogen) atoms. The second-order valence-corrected chi connectivity index (χ2v) is 15.6. The minimum atomic E-state index is -3.06. The van der Waals surface area contributed by atoms with Crippen molar-refractivity contribution in [3.63, 3.8) is 0 Å². The van der Waals surface area contributed by atoms with Crippen LogP contribution < -0.4 is 5.32 Å². The number of fused-ring (bicyclic) bond motifs is 1. The van der Waals surface area contributed by atoms with Gasteiger partial charge in [0, 0.05) is 56.3 Å². The van der Waals surface area contributed by atoms with Crippen molar-refractivity contribution >= 4 is 46.7 Å². The Morgan fingerprint density at radius 3 is 2.33 bits per heavy atom. The topological polar surface area (TPSA) is 110 Å². The van der Waals surface area contributed by atoms with Crippen molar-refractivity contribution in [1.29, 1.82) is 0 Å². The molecule has 0 bridgehead atoms. The van der Waals surface area contributed by atoms with E-state index in [-0.39, 0.29) is 48.3 Å². The lowest BCUT2D eigenvalue weighted by atomic mass is 9.72. The number of amides is 5. The number of allylic oxidation sites excluding steroid dienone is 1. The molecule has 1 aliphatic carbocycles. The summed E-state index contributed by atoms with van der Waals surface area (Å²) in [6.45, 7) is 5.72. The number of piperidine rings is 2. The molecule has 0 radical (unpaired) electrons. The summed E-state index contributed by atoms with van der Waals surface area (Å²) in [5.41, 5.74) is 3.58. The van der Waals surface area contributed by atoms with Gasteiger partial charge in [0.1, 0.15) is 6.04 Å². The van der Waals surface area contributed by atoms with E-state index in [2.05, 4.69) is 19.2 Å². The zero-order valence-corrected chi connectivity index (χ0v) is 29.6. The van der Waals surface area contributed by atoms with Crippen molar-refractivity contribution in [3.05, 3.63) is 75.3 Å². The predicted molar refractivity (Wildman–Crippen MR) is 186 cm³/mol. The first-order valence-corrected chi connectivity index (χ1v) is 18.1. The van der Waals surface area contributed by atoms with Crippen LogP contribution in [0.25, 0.3) is 5.57 Å². The molecule has 2 unspecified atom stereocenters. The fourth-order valence-corrected chi connectivity index (χ4v) is 8.55. The average molecular weight is 722 g/mol. The van der Waals surface area contributed by atoms with Gasteiger partial charge in [-0.3, -0.25) is 44.0 Å². The summed E-state index contributed by atoms with van der Waals surface area (Å²) in [5, 5.41) is 2.82. The van der Waals surface area contributed by atoms with E-state index in [1.807, 2.05) is 24.3 Å². The fourth-order valence-electron chi connectivity index (χ4n) is 8.42. The van der Waals surface area contributed by atoms with Crippen LogP contribution in [-0.2, 0) is 20.9 Å². The monoisotopic (exact) mass is 721 g/mol. The Kier molecular flexibility index (Phi) is 9.39. The van der Waals surface area contributed by atoms with Crippen LogP contribution >= 0.6 is 11.6 Å². The SMILES string of the molecule is CC1(C)CCC(C(=O)N2CCN(C3CCN(Cc4cccc5c4C(=O)N(C4CCC(=O)NC4=O)C5=O)CC3(F)F)CC2)=C(c2ccc(Cl)cc2)C1. The zero-order valence-electron chi connectivity index (χ0n) is 28.9. The highest BCUT2D eigenvalue weighted by Crippen LogP contribution is 2.44. The number of likely N-dealkylation sites (tertiary alicyclic amines) is 1. The van der Waals surface area contributed by atoms with E-state index in [1.165, 1.54) is 6.07 Å². The molecule has 2 atom stereocenters. The lowest BCUT2D eigenvalue weighted by Gasteiger charge is -2.46. The van der Waals surface area contributed by atoms with Crippen molar-refractivity contribution in [2.75, 3.05) is 39.3 Å². The van der Waals surface area contributed by atoms with Gasteiger partial charge in [-0.25, -0.2) is 8.78 Å². The van der Waals surface area contributed by atoms with Crippen LogP contribution in [0.2, 0.25) is 5.02 Å². The smallest absolute Gasteiger partial charge is 0.275 e. The number of hydrogen-bond acceptors (Lipinski definition) is 7. The summed E-state index contributed by atoms with van der Waals surface area (Å²) in [5.74, 6) is -5.51. The molecular formula is C38H42ClF2N5O5. The second kappa shape index (κ2) is 13.5. The molecule has 4 heterocycles. The number of nitrogens with one attached hydrogen (secondary N) is 1. The van der Waals surface area contributed by atoms with E-state index in [9.17, 15) is 24.0 Å². The number of carbonyl (C=O) groups is 5. The molecule has 0 spiro atoms. The highest BCUT2D eigenvalue weighted by Gasteiger charge is 2.49. The summed E-state index contributed by atoms with van der Waals surface area (Å²) in [6.07, 6.45) is 2.58. The van der Waals surface area contributed by atoms with Gasteiger partial charge in [0.25, 0.3) is 17.7 Å². The molecular weight excluding hydrogens is 680 g/mol. The molecule has 5 aliphatic rings. The molecule has 2 aromatic rings. The number of nitrogens with zero attached hydrogens (tertiary/aromatic N) is 4. The lowest BCUT2D eigenvalue weighted by Crippen LogP contribution is -2.62. The molecule has 2 aromatic carbocycles. The molecule has 7 rings (SSSR count). The van der Waals surface area contributed by atoms with Crippen LogP contribution in [0.5, 0.6) is 0 Å². The number of imide groups is 2. The summed E-state index contributed by atoms with van der Waals surface area (Å²) >= 11 is 6.14. The van der Waals surface area contributed by atoms with Crippen LogP contribution in [0.4, 0.5) is 8.78 Å². The standard InChI is InChI=1S/C38H42ClF2N5O5/c1-37(2)14-12-26(28(20-37)23-6-8-25(39)9-7-23)34(49)45-18-16-44(17-19-45)30-13-15-43(22-38(30,40)41)21-24-4-3-5-27-32(24)36(51)46(35(27)50)29-10-11-31(47)42-33(29)48/h3-9,29-30H,10-22H2,1-2H3,(H,42,47,48). The number of benzene rings is 2.